The number of hydrogen-bond acceptors (Lipinski definition) is 3. The van der Waals surface area contributed by atoms with Crippen LogP contribution in [0.25, 0.3) is 0 Å². The van der Waals surface area contributed by atoms with Crippen molar-refractivity contribution in [2.24, 2.45) is 0 Å². The smallest absolute Gasteiger partial charge is 0.317 e. The van der Waals surface area contributed by atoms with Gasteiger partial charge in [0.15, 0.2) is 0 Å². The lowest BCUT2D eigenvalue weighted by Gasteiger charge is -2.36. The van der Waals surface area contributed by atoms with Crippen molar-refractivity contribution in [1.29, 1.82) is 0 Å². The maximum Gasteiger partial charge on any atom is 0.317 e. The SMILES string of the molecule is Cc1ccc(N2CCN(CCN3CCNC3=O)CC2)cc1. The highest BCUT2D eigenvalue weighted by atomic mass is 16.2. The molecule has 2 heterocycles. The van der Waals surface area contributed by atoms with E-state index in [0.29, 0.717) is 0 Å². The summed E-state index contributed by atoms with van der Waals surface area (Å²) in [6.07, 6.45) is 0. The van der Waals surface area contributed by atoms with E-state index in [2.05, 4.69) is 46.3 Å². The van der Waals surface area contributed by atoms with Crippen LogP contribution in [0, 0.1) is 6.92 Å². The van der Waals surface area contributed by atoms with E-state index in [-0.39, 0.29) is 6.03 Å². The van der Waals surface area contributed by atoms with Gasteiger partial charge < -0.3 is 15.1 Å². The monoisotopic (exact) mass is 288 g/mol. The summed E-state index contributed by atoms with van der Waals surface area (Å²) in [5.74, 6) is 0. The van der Waals surface area contributed by atoms with Crippen molar-refractivity contribution in [2.75, 3.05) is 57.3 Å². The Balaban J connectivity index is 1.44. The first kappa shape index (κ1) is 14.2. The number of nitrogens with one attached hydrogen (secondary N) is 1. The number of benzene rings is 1. The molecule has 1 N–H and O–H groups in total. The normalized spacial score (nSPS) is 20.0. The molecule has 3 rings (SSSR count). The molecule has 5 nitrogen and oxygen atoms in total. The number of rotatable bonds is 4. The molecule has 2 aliphatic rings. The molecule has 0 bridgehead atoms. The Bertz CT molecular complexity index is 480. The molecular weight excluding hydrogens is 264 g/mol. The van der Waals surface area contributed by atoms with Gasteiger partial charge in [0, 0.05) is 58.0 Å². The number of urea groups is 1. The molecule has 2 fully saturated rings. The number of nitrogens with zero attached hydrogens (tertiary/aromatic N) is 3. The van der Waals surface area contributed by atoms with E-state index in [1.807, 2.05) is 4.90 Å². The minimum atomic E-state index is 0.0910. The van der Waals surface area contributed by atoms with E-state index in [0.717, 1.165) is 52.4 Å². The number of carbonyl (C=O) groups is 1. The van der Waals surface area contributed by atoms with Crippen LogP contribution < -0.4 is 10.2 Å². The van der Waals surface area contributed by atoms with Crippen LogP contribution in [0.3, 0.4) is 0 Å². The van der Waals surface area contributed by atoms with Crippen molar-refractivity contribution in [3.63, 3.8) is 0 Å². The van der Waals surface area contributed by atoms with Crippen LogP contribution in [0.2, 0.25) is 0 Å². The predicted molar refractivity (Wildman–Crippen MR) is 84.8 cm³/mol. The van der Waals surface area contributed by atoms with Gasteiger partial charge in [-0.25, -0.2) is 4.79 Å². The molecule has 21 heavy (non-hydrogen) atoms. The van der Waals surface area contributed by atoms with Crippen molar-refractivity contribution in [3.8, 4) is 0 Å². The number of anilines is 1. The highest BCUT2D eigenvalue weighted by molar-refractivity contribution is 5.76. The first-order valence-electron chi connectivity index (χ1n) is 7.79. The first-order chi connectivity index (χ1) is 10.2. The molecule has 0 aliphatic carbocycles. The third-order valence-electron chi connectivity index (χ3n) is 4.40. The molecule has 1 aromatic carbocycles. The molecule has 5 heteroatoms. The molecule has 0 atom stereocenters. The van der Waals surface area contributed by atoms with Crippen molar-refractivity contribution >= 4 is 11.7 Å². The molecule has 0 radical (unpaired) electrons. The summed E-state index contributed by atoms with van der Waals surface area (Å²) in [7, 11) is 0. The van der Waals surface area contributed by atoms with E-state index < -0.39 is 0 Å². The van der Waals surface area contributed by atoms with Gasteiger partial charge >= 0.3 is 6.03 Å². The lowest BCUT2D eigenvalue weighted by Crippen LogP contribution is -2.48. The standard InChI is InChI=1S/C16H24N4O/c1-14-2-4-15(5-3-14)19-11-8-18(9-12-19)10-13-20-7-6-17-16(20)21/h2-5H,6-13H2,1H3,(H,17,21). The molecule has 0 spiro atoms. The van der Waals surface area contributed by atoms with Gasteiger partial charge in [-0.15, -0.1) is 0 Å². The van der Waals surface area contributed by atoms with Gasteiger partial charge in [-0.05, 0) is 19.1 Å². The molecule has 114 valence electrons. The number of hydrogen-bond donors (Lipinski definition) is 1. The van der Waals surface area contributed by atoms with Crippen LogP contribution in [0.4, 0.5) is 10.5 Å². The van der Waals surface area contributed by atoms with Gasteiger partial charge in [-0.3, -0.25) is 4.90 Å². The van der Waals surface area contributed by atoms with Crippen LogP contribution in [0.1, 0.15) is 5.56 Å². The van der Waals surface area contributed by atoms with Crippen molar-refractivity contribution in [3.05, 3.63) is 29.8 Å². The Kier molecular flexibility index (Phi) is 4.29. The minimum Gasteiger partial charge on any atom is -0.369 e. The summed E-state index contributed by atoms with van der Waals surface area (Å²) < 4.78 is 0. The number of amides is 2. The average molecular weight is 288 g/mol. The van der Waals surface area contributed by atoms with Gasteiger partial charge in [0.05, 0.1) is 0 Å². The van der Waals surface area contributed by atoms with Gasteiger partial charge in [0.2, 0.25) is 0 Å². The van der Waals surface area contributed by atoms with Gasteiger partial charge in [-0.1, -0.05) is 17.7 Å². The summed E-state index contributed by atoms with van der Waals surface area (Å²) in [6, 6.07) is 8.86. The fraction of sp³-hybridized carbons (Fsp3) is 0.562. The summed E-state index contributed by atoms with van der Waals surface area (Å²) in [5.41, 5.74) is 2.63. The Labute approximate surface area is 126 Å². The topological polar surface area (TPSA) is 38.8 Å². The second kappa shape index (κ2) is 6.35. The quantitative estimate of drug-likeness (QED) is 0.903. The van der Waals surface area contributed by atoms with Gasteiger partial charge in [0.25, 0.3) is 0 Å². The third-order valence-corrected chi connectivity index (χ3v) is 4.40. The van der Waals surface area contributed by atoms with Crippen LogP contribution in [-0.4, -0.2) is 68.2 Å². The largest absolute Gasteiger partial charge is 0.369 e. The summed E-state index contributed by atoms with van der Waals surface area (Å²) in [6.45, 7) is 9.86. The molecule has 0 aromatic heterocycles. The van der Waals surface area contributed by atoms with Crippen molar-refractivity contribution < 1.29 is 4.79 Å². The fourth-order valence-corrected chi connectivity index (χ4v) is 2.97. The van der Waals surface area contributed by atoms with Crippen LogP contribution in [0.5, 0.6) is 0 Å². The van der Waals surface area contributed by atoms with E-state index in [1.54, 1.807) is 0 Å². The number of aryl methyl sites for hydroxylation is 1. The maximum atomic E-state index is 11.5. The van der Waals surface area contributed by atoms with E-state index in [9.17, 15) is 4.79 Å². The first-order valence-corrected chi connectivity index (χ1v) is 7.79. The maximum absolute atomic E-state index is 11.5. The average Bonchev–Trinajstić information content (AvgIpc) is 2.92. The Morgan fingerprint density at radius 3 is 2.33 bits per heavy atom. The van der Waals surface area contributed by atoms with Crippen LogP contribution >= 0.6 is 0 Å². The lowest BCUT2D eigenvalue weighted by molar-refractivity contribution is 0.197. The molecule has 2 amide bonds. The highest BCUT2D eigenvalue weighted by Gasteiger charge is 2.21. The second-order valence-corrected chi connectivity index (χ2v) is 5.88. The van der Waals surface area contributed by atoms with Crippen molar-refractivity contribution in [2.45, 2.75) is 6.92 Å². The fourth-order valence-electron chi connectivity index (χ4n) is 2.97. The van der Waals surface area contributed by atoms with Crippen LogP contribution in [0.15, 0.2) is 24.3 Å². The Hall–Kier alpha value is -1.75. The molecule has 2 saturated heterocycles. The zero-order valence-electron chi connectivity index (χ0n) is 12.7. The van der Waals surface area contributed by atoms with Crippen LogP contribution in [-0.2, 0) is 0 Å². The van der Waals surface area contributed by atoms with Gasteiger partial charge in [-0.2, -0.15) is 0 Å². The van der Waals surface area contributed by atoms with Crippen molar-refractivity contribution in [1.82, 2.24) is 15.1 Å². The molecular formula is C16H24N4O. The predicted octanol–water partition coefficient (Wildman–Crippen LogP) is 1.14. The molecule has 0 saturated carbocycles. The Morgan fingerprint density at radius 1 is 1.00 bits per heavy atom. The van der Waals surface area contributed by atoms with E-state index >= 15 is 0 Å². The highest BCUT2D eigenvalue weighted by Crippen LogP contribution is 2.17. The zero-order valence-corrected chi connectivity index (χ0v) is 12.7. The second-order valence-electron chi connectivity index (χ2n) is 5.88. The van der Waals surface area contributed by atoms with E-state index in [4.69, 9.17) is 0 Å². The number of carbonyl (C=O) groups excluding carboxylic acids is 1. The van der Waals surface area contributed by atoms with E-state index in [1.165, 1.54) is 11.3 Å². The van der Waals surface area contributed by atoms with Gasteiger partial charge in [0.1, 0.15) is 0 Å². The lowest BCUT2D eigenvalue weighted by atomic mass is 10.2. The summed E-state index contributed by atoms with van der Waals surface area (Å²) in [5, 5.41) is 2.85. The Morgan fingerprint density at radius 2 is 1.71 bits per heavy atom. The number of piperazine rings is 1. The minimum absolute atomic E-state index is 0.0910. The summed E-state index contributed by atoms with van der Waals surface area (Å²) >= 11 is 0. The summed E-state index contributed by atoms with van der Waals surface area (Å²) in [4.78, 5) is 18.3. The molecule has 2 aliphatic heterocycles. The molecule has 0 unspecified atom stereocenters. The third kappa shape index (κ3) is 3.47. The molecule has 1 aromatic rings. The zero-order chi connectivity index (χ0) is 14.7.